The molecule has 0 unspecified atom stereocenters. The van der Waals surface area contributed by atoms with Gasteiger partial charge in [-0.2, -0.15) is 0 Å². The van der Waals surface area contributed by atoms with Gasteiger partial charge in [0.25, 0.3) is 20.7 Å². The molecule has 0 atom stereocenters. The average Bonchev–Trinajstić information content (AvgIpc) is 2.20. The van der Waals surface area contributed by atoms with Crippen molar-refractivity contribution in [3.05, 3.63) is 5.32 Å². The van der Waals surface area contributed by atoms with E-state index in [1.54, 1.807) is 0 Å². The van der Waals surface area contributed by atoms with E-state index in [1.807, 2.05) is 0 Å². The number of phosphoric acid groups is 1. The summed E-state index contributed by atoms with van der Waals surface area (Å²) in [5.74, 6) is 0. The first-order valence-corrected chi connectivity index (χ1v) is 7.90. The molecule has 0 heterocycles. The van der Waals surface area contributed by atoms with Crippen molar-refractivity contribution in [1.82, 2.24) is 0 Å². The van der Waals surface area contributed by atoms with Crippen molar-refractivity contribution in [1.29, 1.82) is 0 Å². The Balaban J connectivity index is 0. The van der Waals surface area contributed by atoms with Crippen LogP contribution in [0.25, 0.3) is 5.32 Å². The summed E-state index contributed by atoms with van der Waals surface area (Å²) in [4.78, 5) is 10.4. The van der Waals surface area contributed by atoms with Crippen LogP contribution in [0.3, 0.4) is 0 Å². The number of halogens is 4. The van der Waals surface area contributed by atoms with Gasteiger partial charge in [-0.15, -0.1) is 11.1 Å². The fourth-order valence-corrected chi connectivity index (χ4v) is 2.00. The van der Waals surface area contributed by atoms with Gasteiger partial charge in [0.15, 0.2) is 0 Å². The molecule has 0 aromatic carbocycles. The van der Waals surface area contributed by atoms with Crippen LogP contribution in [0.5, 0.6) is 0 Å². The van der Waals surface area contributed by atoms with Crippen LogP contribution in [0.4, 0.5) is 17.6 Å². The second kappa shape index (κ2) is 9.82. The smallest absolute Gasteiger partial charge is 0.268 e. The lowest BCUT2D eigenvalue weighted by Gasteiger charge is -2.48. The second-order valence-electron chi connectivity index (χ2n) is 6.27. The van der Waals surface area contributed by atoms with Crippen molar-refractivity contribution in [2.45, 2.75) is 65.5 Å². The Morgan fingerprint density at radius 3 is 1.32 bits per heavy atom. The van der Waals surface area contributed by atoms with Crippen LogP contribution in [-0.2, 0) is 13.6 Å². The number of hydrogen-bond donors (Lipinski definition) is 0. The Morgan fingerprint density at radius 2 is 1.18 bits per heavy atom. The van der Waals surface area contributed by atoms with Crippen molar-refractivity contribution in [3.63, 3.8) is 0 Å². The van der Waals surface area contributed by atoms with Crippen LogP contribution in [0.15, 0.2) is 0 Å². The topological polar surface area (TPSA) is 72.7 Å². The largest absolute Gasteiger partial charge is 0.756 e. The molecule has 0 N–H and O–H groups in total. The van der Waals surface area contributed by atoms with E-state index in [2.05, 4.69) is 55.9 Å². The van der Waals surface area contributed by atoms with Crippen molar-refractivity contribution in [2.75, 3.05) is 13.2 Å². The van der Waals surface area contributed by atoms with E-state index in [0.29, 0.717) is 0 Å². The Bertz CT molecular complexity index is 315. The van der Waals surface area contributed by atoms with E-state index in [-0.39, 0.29) is 11.1 Å². The number of alkyl halides is 4. The van der Waals surface area contributed by atoms with Crippen LogP contribution >= 0.6 is 7.82 Å². The maximum absolute atomic E-state index is 11.4. The van der Waals surface area contributed by atoms with Crippen LogP contribution in [0.2, 0.25) is 0 Å². The molecule has 0 aliphatic rings. The van der Waals surface area contributed by atoms with Crippen LogP contribution in [0, 0.1) is 0 Å². The van der Waals surface area contributed by atoms with Gasteiger partial charge in [-0.1, -0.05) is 41.5 Å². The molecule has 0 fully saturated rings. The van der Waals surface area contributed by atoms with Gasteiger partial charge < -0.3 is 19.3 Å². The normalized spacial score (nSPS) is 13.3. The second-order valence-corrected chi connectivity index (χ2v) is 7.69. The predicted molar refractivity (Wildman–Crippen MR) is 74.4 cm³/mol. The number of hydrogen-bond acceptors (Lipinski definition) is 4. The Kier molecular flexibility index (Phi) is 10.7. The summed E-state index contributed by atoms with van der Waals surface area (Å²) in [5, 5.41) is 4.54. The van der Waals surface area contributed by atoms with Gasteiger partial charge in [0.1, 0.15) is 13.2 Å². The molecule has 136 valence electrons. The molecule has 5 nitrogen and oxygen atoms in total. The van der Waals surface area contributed by atoms with Gasteiger partial charge in [0, 0.05) is 0 Å². The number of phosphoric ester groups is 1. The minimum Gasteiger partial charge on any atom is -0.756 e. The van der Waals surface area contributed by atoms with Crippen molar-refractivity contribution >= 4 is 7.82 Å². The van der Waals surface area contributed by atoms with E-state index in [0.717, 1.165) is 0 Å². The van der Waals surface area contributed by atoms with Gasteiger partial charge >= 0.3 is 0 Å². The first kappa shape index (κ1) is 24.0. The zero-order valence-electron chi connectivity index (χ0n) is 13.6. The highest BCUT2D eigenvalue weighted by Crippen LogP contribution is 2.38. The molecule has 22 heavy (non-hydrogen) atoms. The van der Waals surface area contributed by atoms with E-state index < -0.39 is 33.9 Å². The van der Waals surface area contributed by atoms with Crippen LogP contribution < -0.4 is 4.89 Å². The SMILES string of the molecule is CC(C)(C)[N-]C(C)(C)C.O=P([O-])(OCC(F)F)OCC(F)F. The molecule has 0 rings (SSSR count). The van der Waals surface area contributed by atoms with Crippen LogP contribution in [0.1, 0.15) is 41.5 Å². The highest BCUT2D eigenvalue weighted by molar-refractivity contribution is 7.45. The molecule has 0 radical (unpaired) electrons. The summed E-state index contributed by atoms with van der Waals surface area (Å²) in [6.45, 7) is 9.94. The molecule has 0 aromatic heterocycles. The molecule has 0 saturated carbocycles. The summed E-state index contributed by atoms with van der Waals surface area (Å²) in [6, 6.07) is 0. The average molecular weight is 353 g/mol. The molecule has 0 bridgehead atoms. The van der Waals surface area contributed by atoms with E-state index in [1.165, 1.54) is 0 Å². The third-order valence-electron chi connectivity index (χ3n) is 1.39. The Hall–Kier alpha value is -0.210. The summed E-state index contributed by atoms with van der Waals surface area (Å²) >= 11 is 0. The van der Waals surface area contributed by atoms with Gasteiger partial charge in [-0.05, 0) is 0 Å². The lowest BCUT2D eigenvalue weighted by Crippen LogP contribution is -2.25. The Labute approximate surface area is 129 Å². The summed E-state index contributed by atoms with van der Waals surface area (Å²) in [5.41, 5.74) is 0.219. The zero-order chi connectivity index (χ0) is 18.2. The summed E-state index contributed by atoms with van der Waals surface area (Å²) < 4.78 is 62.9. The first-order valence-electron chi connectivity index (χ1n) is 6.44. The van der Waals surface area contributed by atoms with Gasteiger partial charge in [-0.25, -0.2) is 17.6 Å². The number of rotatable bonds is 6. The zero-order valence-corrected chi connectivity index (χ0v) is 14.5. The molecule has 0 amide bonds. The standard InChI is InChI=1S/C8H18N.C4H7F4O4P/c1-7(2,3)9-8(4,5)6;5-3(6)1-11-13(9,10)12-2-4(7)8/h1-6H3;3-4H,1-2H2,(H,9,10)/q-1;/p-1. The molecular formula is C12H24F4NO4P-2. The maximum atomic E-state index is 11.4. The summed E-state index contributed by atoms with van der Waals surface area (Å²) in [7, 11) is -5.01. The minimum absolute atomic E-state index is 0.109. The fourth-order valence-electron chi connectivity index (χ4n) is 1.34. The van der Waals surface area contributed by atoms with E-state index in [9.17, 15) is 27.0 Å². The third kappa shape index (κ3) is 22.1. The van der Waals surface area contributed by atoms with Crippen molar-refractivity contribution in [2.24, 2.45) is 0 Å². The fraction of sp³-hybridized carbons (Fsp3) is 1.00. The van der Waals surface area contributed by atoms with Gasteiger partial charge in [0.2, 0.25) is 0 Å². The summed E-state index contributed by atoms with van der Waals surface area (Å²) in [6.07, 6.45) is -6.00. The molecule has 0 saturated heterocycles. The van der Waals surface area contributed by atoms with E-state index >= 15 is 0 Å². The maximum Gasteiger partial charge on any atom is 0.268 e. The monoisotopic (exact) mass is 353 g/mol. The molecule has 0 aromatic rings. The van der Waals surface area contributed by atoms with Crippen LogP contribution in [-0.4, -0.2) is 37.1 Å². The van der Waals surface area contributed by atoms with E-state index in [4.69, 9.17) is 0 Å². The highest BCUT2D eigenvalue weighted by Gasteiger charge is 2.15. The lowest BCUT2D eigenvalue weighted by atomic mass is 10.0. The highest BCUT2D eigenvalue weighted by atomic mass is 31.2. The van der Waals surface area contributed by atoms with Crippen molar-refractivity contribution in [3.8, 4) is 0 Å². The molecule has 10 heteroatoms. The quantitative estimate of drug-likeness (QED) is 0.535. The molecule has 0 aliphatic carbocycles. The first-order chi connectivity index (χ1) is 9.54. The third-order valence-corrected chi connectivity index (χ3v) is 2.32. The molecular weight excluding hydrogens is 329 g/mol. The lowest BCUT2D eigenvalue weighted by molar-refractivity contribution is -0.230. The molecule has 0 spiro atoms. The Morgan fingerprint density at radius 1 is 0.909 bits per heavy atom. The van der Waals surface area contributed by atoms with Gasteiger partial charge in [-0.3, -0.25) is 4.57 Å². The number of nitrogens with zero attached hydrogens (tertiary/aromatic N) is 1. The predicted octanol–water partition coefficient (Wildman–Crippen LogP) is 3.98. The van der Waals surface area contributed by atoms with Gasteiger partial charge in [0.05, 0.1) is 0 Å². The molecule has 0 aliphatic heterocycles. The van der Waals surface area contributed by atoms with Crippen molar-refractivity contribution < 1.29 is 36.1 Å². The minimum atomic E-state index is -5.01.